The van der Waals surface area contributed by atoms with Crippen LogP contribution in [0, 0.1) is 0 Å². The van der Waals surface area contributed by atoms with Crippen LogP contribution in [0.4, 0.5) is 0 Å². The molecule has 1 heterocycles. The first-order chi connectivity index (χ1) is 11.6. The molecule has 0 aromatic rings. The van der Waals surface area contributed by atoms with Gasteiger partial charge in [-0.2, -0.15) is 11.8 Å². The molecule has 0 radical (unpaired) electrons. The second kappa shape index (κ2) is 13.3. The zero-order valence-electron chi connectivity index (χ0n) is 15.3. The number of hydrogen-bond acceptors (Lipinski definition) is 5. The third kappa shape index (κ3) is 10.00. The van der Waals surface area contributed by atoms with Crippen LogP contribution in [0.15, 0.2) is 4.99 Å². The number of carbonyl (C=O) groups is 1. The van der Waals surface area contributed by atoms with E-state index in [1.165, 1.54) is 12.2 Å². The fourth-order valence-electron chi connectivity index (χ4n) is 2.20. The summed E-state index contributed by atoms with van der Waals surface area (Å²) >= 11 is 1.87. The molecular weight excluding hydrogens is 326 g/mol. The van der Waals surface area contributed by atoms with Crippen LogP contribution in [0.5, 0.6) is 0 Å². The van der Waals surface area contributed by atoms with Crippen molar-refractivity contribution in [2.45, 2.75) is 12.8 Å². The van der Waals surface area contributed by atoms with Crippen molar-refractivity contribution in [3.63, 3.8) is 0 Å². The van der Waals surface area contributed by atoms with E-state index in [9.17, 15) is 4.79 Å². The van der Waals surface area contributed by atoms with Crippen LogP contribution < -0.4 is 10.6 Å². The molecule has 0 aliphatic carbocycles. The van der Waals surface area contributed by atoms with Crippen molar-refractivity contribution in [3.8, 4) is 0 Å². The summed E-state index contributed by atoms with van der Waals surface area (Å²) in [5.41, 5.74) is 0. The number of unbranched alkanes of at least 4 members (excludes halogenated alkanes) is 1. The maximum absolute atomic E-state index is 11.7. The number of hydrogen-bond donors (Lipinski definition) is 2. The molecule has 0 unspecified atom stereocenters. The highest BCUT2D eigenvalue weighted by Crippen LogP contribution is 1.98. The third-order valence-electron chi connectivity index (χ3n) is 3.76. The SMILES string of the molecule is CSCCCCNC(=NCC(=O)N(C)C)NCCN1CCOCC1. The Hall–Kier alpha value is -0.990. The van der Waals surface area contributed by atoms with Gasteiger partial charge < -0.3 is 20.3 Å². The minimum Gasteiger partial charge on any atom is -0.379 e. The maximum Gasteiger partial charge on any atom is 0.243 e. The van der Waals surface area contributed by atoms with Crippen molar-refractivity contribution in [3.05, 3.63) is 0 Å². The molecular formula is C16H33N5O2S. The topological polar surface area (TPSA) is 69.2 Å². The van der Waals surface area contributed by atoms with Gasteiger partial charge in [0.15, 0.2) is 5.96 Å². The molecule has 7 nitrogen and oxygen atoms in total. The van der Waals surface area contributed by atoms with Gasteiger partial charge in [-0.25, -0.2) is 4.99 Å². The van der Waals surface area contributed by atoms with Crippen molar-refractivity contribution >= 4 is 23.6 Å². The average Bonchev–Trinajstić information content (AvgIpc) is 2.59. The number of nitrogens with zero attached hydrogens (tertiary/aromatic N) is 3. The van der Waals surface area contributed by atoms with Crippen LogP contribution in [-0.2, 0) is 9.53 Å². The lowest BCUT2D eigenvalue weighted by atomic mass is 10.3. The number of nitrogens with one attached hydrogen (secondary N) is 2. The summed E-state index contributed by atoms with van der Waals surface area (Å²) in [6.07, 6.45) is 4.42. The number of morpholine rings is 1. The van der Waals surface area contributed by atoms with Gasteiger partial charge in [0.05, 0.1) is 13.2 Å². The number of thioether (sulfide) groups is 1. The lowest BCUT2D eigenvalue weighted by Crippen LogP contribution is -2.45. The number of rotatable bonds is 10. The molecule has 0 saturated carbocycles. The van der Waals surface area contributed by atoms with Crippen LogP contribution >= 0.6 is 11.8 Å². The number of amides is 1. The Morgan fingerprint density at radius 1 is 1.21 bits per heavy atom. The standard InChI is InChI=1S/C16H33N5O2S/c1-20(2)15(22)14-19-16(17-6-4-5-13-24-3)18-7-8-21-9-11-23-12-10-21/h4-14H2,1-3H3,(H2,17,18,19). The minimum atomic E-state index is 0.00617. The van der Waals surface area contributed by atoms with Gasteiger partial charge in [0, 0.05) is 46.8 Å². The van der Waals surface area contributed by atoms with Crippen LogP contribution in [0.1, 0.15) is 12.8 Å². The summed E-state index contributed by atoms with van der Waals surface area (Å²) in [5, 5.41) is 6.66. The average molecular weight is 360 g/mol. The zero-order valence-corrected chi connectivity index (χ0v) is 16.2. The van der Waals surface area contributed by atoms with Gasteiger partial charge in [-0.05, 0) is 24.9 Å². The van der Waals surface area contributed by atoms with E-state index in [1.54, 1.807) is 19.0 Å². The first kappa shape index (κ1) is 21.1. The predicted molar refractivity (Wildman–Crippen MR) is 102 cm³/mol. The Morgan fingerprint density at radius 3 is 2.58 bits per heavy atom. The highest BCUT2D eigenvalue weighted by Gasteiger charge is 2.10. The van der Waals surface area contributed by atoms with Crippen LogP contribution in [-0.4, -0.2) is 100 Å². The molecule has 1 aliphatic rings. The van der Waals surface area contributed by atoms with Crippen molar-refractivity contribution in [1.29, 1.82) is 0 Å². The fraction of sp³-hybridized carbons (Fsp3) is 0.875. The van der Waals surface area contributed by atoms with Crippen molar-refractivity contribution in [2.24, 2.45) is 4.99 Å². The summed E-state index contributed by atoms with van der Waals surface area (Å²) < 4.78 is 5.36. The zero-order chi connectivity index (χ0) is 17.6. The Bertz CT molecular complexity index is 373. The van der Waals surface area contributed by atoms with E-state index in [0.29, 0.717) is 0 Å². The minimum absolute atomic E-state index is 0.00617. The van der Waals surface area contributed by atoms with E-state index >= 15 is 0 Å². The van der Waals surface area contributed by atoms with E-state index in [-0.39, 0.29) is 12.5 Å². The molecule has 8 heteroatoms. The van der Waals surface area contributed by atoms with Crippen LogP contribution in [0.2, 0.25) is 0 Å². The molecule has 0 aromatic carbocycles. The molecule has 1 aliphatic heterocycles. The number of carbonyl (C=O) groups excluding carboxylic acids is 1. The summed E-state index contributed by atoms with van der Waals surface area (Å²) in [6, 6.07) is 0. The third-order valence-corrected chi connectivity index (χ3v) is 4.46. The molecule has 0 aromatic heterocycles. The Labute approximate surface area is 150 Å². The highest BCUT2D eigenvalue weighted by atomic mass is 32.2. The summed E-state index contributed by atoms with van der Waals surface area (Å²) in [5.74, 6) is 1.91. The smallest absolute Gasteiger partial charge is 0.243 e. The van der Waals surface area contributed by atoms with Crippen molar-refractivity contribution in [2.75, 3.05) is 78.6 Å². The molecule has 0 bridgehead atoms. The van der Waals surface area contributed by atoms with Gasteiger partial charge in [0.1, 0.15) is 6.54 Å². The maximum atomic E-state index is 11.7. The van der Waals surface area contributed by atoms with Crippen LogP contribution in [0.3, 0.4) is 0 Å². The van der Waals surface area contributed by atoms with E-state index in [4.69, 9.17) is 4.74 Å². The lowest BCUT2D eigenvalue weighted by Gasteiger charge is -2.26. The van der Waals surface area contributed by atoms with Crippen molar-refractivity contribution in [1.82, 2.24) is 20.4 Å². The van der Waals surface area contributed by atoms with E-state index in [0.717, 1.165) is 58.3 Å². The second-order valence-electron chi connectivity index (χ2n) is 5.96. The van der Waals surface area contributed by atoms with Gasteiger partial charge >= 0.3 is 0 Å². The summed E-state index contributed by atoms with van der Waals surface area (Å²) in [6.45, 7) is 6.40. The van der Waals surface area contributed by atoms with Gasteiger partial charge in [-0.3, -0.25) is 9.69 Å². The molecule has 0 spiro atoms. The van der Waals surface area contributed by atoms with Crippen molar-refractivity contribution < 1.29 is 9.53 Å². The molecule has 1 fully saturated rings. The first-order valence-corrected chi connectivity index (χ1v) is 10.0. The van der Waals surface area contributed by atoms with Gasteiger partial charge in [-0.1, -0.05) is 0 Å². The van der Waals surface area contributed by atoms with Crippen LogP contribution in [0.25, 0.3) is 0 Å². The molecule has 24 heavy (non-hydrogen) atoms. The first-order valence-electron chi connectivity index (χ1n) is 8.65. The second-order valence-corrected chi connectivity index (χ2v) is 6.95. The van der Waals surface area contributed by atoms with Gasteiger partial charge in [0.2, 0.25) is 5.91 Å². The molecule has 2 N–H and O–H groups in total. The Morgan fingerprint density at radius 2 is 1.92 bits per heavy atom. The quantitative estimate of drug-likeness (QED) is 0.327. The molecule has 140 valence electrons. The van der Waals surface area contributed by atoms with Gasteiger partial charge in [0.25, 0.3) is 0 Å². The summed E-state index contributed by atoms with van der Waals surface area (Å²) in [4.78, 5) is 20.1. The molecule has 0 atom stereocenters. The Kier molecular flexibility index (Phi) is 11.7. The molecule has 1 rings (SSSR count). The normalized spacial score (nSPS) is 16.0. The number of ether oxygens (including phenoxy) is 1. The predicted octanol–water partition coefficient (Wildman–Crippen LogP) is 0.0852. The molecule has 1 amide bonds. The molecule has 1 saturated heterocycles. The lowest BCUT2D eigenvalue weighted by molar-refractivity contribution is -0.127. The highest BCUT2D eigenvalue weighted by molar-refractivity contribution is 7.98. The largest absolute Gasteiger partial charge is 0.379 e. The van der Waals surface area contributed by atoms with E-state index < -0.39 is 0 Å². The summed E-state index contributed by atoms with van der Waals surface area (Å²) in [7, 11) is 3.50. The van der Waals surface area contributed by atoms with Gasteiger partial charge in [-0.15, -0.1) is 0 Å². The number of aliphatic imine (C=N–C) groups is 1. The monoisotopic (exact) mass is 359 g/mol. The number of likely N-dealkylation sites (N-methyl/N-ethyl adjacent to an activating group) is 1. The number of guanidine groups is 1. The fourth-order valence-corrected chi connectivity index (χ4v) is 2.69. The Balaban J connectivity index is 2.34. The van der Waals surface area contributed by atoms with E-state index in [2.05, 4.69) is 26.8 Å². The van der Waals surface area contributed by atoms with E-state index in [1.807, 2.05) is 11.8 Å².